The summed E-state index contributed by atoms with van der Waals surface area (Å²) < 4.78 is 0. The topological polar surface area (TPSA) is 0 Å². The average Bonchev–Trinajstić information content (AvgIpc) is 2.11. The Hall–Kier alpha value is -0.520. The molecular weight excluding hydrogens is 180 g/mol. The summed E-state index contributed by atoms with van der Waals surface area (Å²) in [6.07, 6.45) is 10.0. The fourth-order valence-corrected chi connectivity index (χ4v) is 2.13. The second kappa shape index (κ2) is 5.01. The molecule has 0 bridgehead atoms. The van der Waals surface area contributed by atoms with Crippen LogP contribution in [0.3, 0.4) is 0 Å². The van der Waals surface area contributed by atoms with Crippen LogP contribution in [0.1, 0.15) is 60.3 Å². The van der Waals surface area contributed by atoms with Crippen LogP contribution < -0.4 is 0 Å². The molecule has 0 fully saturated rings. The molecule has 0 nitrogen and oxygen atoms in total. The number of hydrogen-bond donors (Lipinski definition) is 0. The molecule has 0 N–H and O–H groups in total. The van der Waals surface area contributed by atoms with Gasteiger partial charge in [0.1, 0.15) is 0 Å². The lowest BCUT2D eigenvalue weighted by atomic mass is 9.70. The Balaban J connectivity index is 2.49. The van der Waals surface area contributed by atoms with E-state index in [0.717, 1.165) is 5.92 Å². The summed E-state index contributed by atoms with van der Waals surface area (Å²) >= 11 is 0. The van der Waals surface area contributed by atoms with E-state index >= 15 is 0 Å². The van der Waals surface area contributed by atoms with E-state index in [1.54, 1.807) is 5.57 Å². The minimum atomic E-state index is 0.514. The second-order valence-electron chi connectivity index (χ2n) is 5.92. The lowest BCUT2D eigenvalue weighted by molar-refractivity contribution is 0.238. The van der Waals surface area contributed by atoms with Gasteiger partial charge in [0.2, 0.25) is 0 Å². The van der Waals surface area contributed by atoms with Crippen molar-refractivity contribution in [3.63, 3.8) is 0 Å². The van der Waals surface area contributed by atoms with Crippen molar-refractivity contribution in [2.45, 2.75) is 60.3 Å². The van der Waals surface area contributed by atoms with Crippen LogP contribution in [0.25, 0.3) is 0 Å². The van der Waals surface area contributed by atoms with E-state index in [1.165, 1.54) is 31.3 Å². The number of allylic oxidation sites excluding steroid dienone is 4. The van der Waals surface area contributed by atoms with E-state index in [0.29, 0.717) is 5.41 Å². The molecule has 1 aliphatic rings. The van der Waals surface area contributed by atoms with E-state index in [1.807, 2.05) is 0 Å². The Morgan fingerprint density at radius 3 is 2.67 bits per heavy atom. The predicted octanol–water partition coefficient (Wildman–Crippen LogP) is 5.12. The van der Waals surface area contributed by atoms with Gasteiger partial charge in [-0.15, -0.1) is 0 Å². The van der Waals surface area contributed by atoms with Gasteiger partial charge >= 0.3 is 0 Å². The molecule has 1 rings (SSSR count). The smallest absolute Gasteiger partial charge is 0.0208 e. The molecule has 0 heterocycles. The SMILES string of the molecule is CC(C)=CCCC1=CC(C)C(C)(C)CC1. The van der Waals surface area contributed by atoms with Gasteiger partial charge in [0.15, 0.2) is 0 Å². The zero-order chi connectivity index (χ0) is 11.5. The third kappa shape index (κ3) is 3.85. The molecule has 15 heavy (non-hydrogen) atoms. The van der Waals surface area contributed by atoms with E-state index in [2.05, 4.69) is 46.8 Å². The molecule has 0 saturated carbocycles. The highest BCUT2D eigenvalue weighted by Crippen LogP contribution is 2.39. The van der Waals surface area contributed by atoms with Crippen LogP contribution in [-0.4, -0.2) is 0 Å². The Morgan fingerprint density at radius 2 is 2.13 bits per heavy atom. The minimum Gasteiger partial charge on any atom is -0.0856 e. The van der Waals surface area contributed by atoms with Crippen LogP contribution in [0.15, 0.2) is 23.3 Å². The summed E-state index contributed by atoms with van der Waals surface area (Å²) in [7, 11) is 0. The molecule has 0 amide bonds. The first-order valence-electron chi connectivity index (χ1n) is 6.25. The van der Waals surface area contributed by atoms with Gasteiger partial charge in [-0.1, -0.05) is 44.1 Å². The standard InChI is InChI=1S/C15H26/c1-12(2)7-6-8-14-9-10-15(4,5)13(3)11-14/h7,11,13H,6,8-10H2,1-5H3. The molecule has 0 aromatic rings. The van der Waals surface area contributed by atoms with Crippen molar-refractivity contribution in [3.8, 4) is 0 Å². The molecule has 0 spiro atoms. The number of hydrogen-bond acceptors (Lipinski definition) is 0. The molecule has 1 unspecified atom stereocenters. The fraction of sp³-hybridized carbons (Fsp3) is 0.733. The minimum absolute atomic E-state index is 0.514. The van der Waals surface area contributed by atoms with Gasteiger partial charge in [-0.2, -0.15) is 0 Å². The summed E-state index contributed by atoms with van der Waals surface area (Å²) in [5.74, 6) is 0.743. The van der Waals surface area contributed by atoms with Gasteiger partial charge in [-0.3, -0.25) is 0 Å². The van der Waals surface area contributed by atoms with Crippen LogP contribution in [0.5, 0.6) is 0 Å². The second-order valence-corrected chi connectivity index (χ2v) is 5.92. The normalized spacial score (nSPS) is 24.6. The zero-order valence-electron chi connectivity index (χ0n) is 11.1. The molecule has 0 heteroatoms. The quantitative estimate of drug-likeness (QED) is 0.562. The summed E-state index contributed by atoms with van der Waals surface area (Å²) in [5.41, 5.74) is 3.64. The third-order valence-electron chi connectivity index (χ3n) is 3.83. The maximum absolute atomic E-state index is 2.52. The maximum Gasteiger partial charge on any atom is -0.0208 e. The molecule has 0 aromatic heterocycles. The first kappa shape index (κ1) is 12.5. The van der Waals surface area contributed by atoms with Crippen molar-refractivity contribution in [2.24, 2.45) is 11.3 Å². The highest BCUT2D eigenvalue weighted by Gasteiger charge is 2.27. The monoisotopic (exact) mass is 206 g/mol. The molecule has 0 radical (unpaired) electrons. The lowest BCUT2D eigenvalue weighted by Gasteiger charge is -2.35. The molecular formula is C15H26. The van der Waals surface area contributed by atoms with Gasteiger partial charge in [-0.25, -0.2) is 0 Å². The van der Waals surface area contributed by atoms with Gasteiger partial charge < -0.3 is 0 Å². The van der Waals surface area contributed by atoms with Gasteiger partial charge in [0.25, 0.3) is 0 Å². The maximum atomic E-state index is 2.52. The molecule has 1 atom stereocenters. The van der Waals surface area contributed by atoms with Crippen LogP contribution in [0.4, 0.5) is 0 Å². The van der Waals surface area contributed by atoms with E-state index < -0.39 is 0 Å². The Morgan fingerprint density at radius 1 is 1.47 bits per heavy atom. The third-order valence-corrected chi connectivity index (χ3v) is 3.83. The van der Waals surface area contributed by atoms with Crippen molar-refractivity contribution < 1.29 is 0 Å². The molecule has 0 saturated heterocycles. The van der Waals surface area contributed by atoms with E-state index in [9.17, 15) is 0 Å². The summed E-state index contributed by atoms with van der Waals surface area (Å²) in [4.78, 5) is 0. The van der Waals surface area contributed by atoms with Gasteiger partial charge in [0, 0.05) is 0 Å². The first-order chi connectivity index (χ1) is 6.92. The van der Waals surface area contributed by atoms with E-state index in [-0.39, 0.29) is 0 Å². The van der Waals surface area contributed by atoms with Crippen molar-refractivity contribution in [1.29, 1.82) is 0 Å². The van der Waals surface area contributed by atoms with Crippen LogP contribution >= 0.6 is 0 Å². The molecule has 1 aliphatic carbocycles. The molecule has 0 aliphatic heterocycles. The molecule has 86 valence electrons. The predicted molar refractivity (Wildman–Crippen MR) is 68.9 cm³/mol. The average molecular weight is 206 g/mol. The Labute approximate surface area is 95.5 Å². The van der Waals surface area contributed by atoms with Gasteiger partial charge in [0.05, 0.1) is 0 Å². The highest BCUT2D eigenvalue weighted by atomic mass is 14.3. The zero-order valence-corrected chi connectivity index (χ0v) is 11.1. The van der Waals surface area contributed by atoms with Crippen LogP contribution in [0.2, 0.25) is 0 Å². The van der Waals surface area contributed by atoms with Gasteiger partial charge in [-0.05, 0) is 50.9 Å². The van der Waals surface area contributed by atoms with Crippen LogP contribution in [0, 0.1) is 11.3 Å². The summed E-state index contributed by atoms with van der Waals surface area (Å²) in [6.45, 7) is 11.5. The van der Waals surface area contributed by atoms with Crippen molar-refractivity contribution in [3.05, 3.63) is 23.3 Å². The van der Waals surface area contributed by atoms with Crippen molar-refractivity contribution >= 4 is 0 Å². The van der Waals surface area contributed by atoms with E-state index in [4.69, 9.17) is 0 Å². The number of rotatable bonds is 3. The van der Waals surface area contributed by atoms with Crippen molar-refractivity contribution in [2.75, 3.05) is 0 Å². The largest absolute Gasteiger partial charge is 0.0856 e. The summed E-state index contributed by atoms with van der Waals surface area (Å²) in [5, 5.41) is 0. The first-order valence-corrected chi connectivity index (χ1v) is 6.25. The highest BCUT2D eigenvalue weighted by molar-refractivity contribution is 5.12. The van der Waals surface area contributed by atoms with Crippen LogP contribution in [-0.2, 0) is 0 Å². The Bertz CT molecular complexity index is 262. The summed E-state index contributed by atoms with van der Waals surface area (Å²) in [6, 6.07) is 0. The fourth-order valence-electron chi connectivity index (χ4n) is 2.13. The van der Waals surface area contributed by atoms with Crippen molar-refractivity contribution in [1.82, 2.24) is 0 Å². The Kier molecular flexibility index (Phi) is 4.19. The lowest BCUT2D eigenvalue weighted by Crippen LogP contribution is -2.23. The molecule has 0 aromatic carbocycles.